The Hall–Kier alpha value is -0.160. The number of aliphatic hydroxyl groups is 1. The van der Waals surface area contributed by atoms with Crippen molar-refractivity contribution < 1.29 is 9.84 Å². The van der Waals surface area contributed by atoms with Gasteiger partial charge in [0.1, 0.15) is 0 Å². The summed E-state index contributed by atoms with van der Waals surface area (Å²) in [4.78, 5) is 2.37. The molecule has 0 radical (unpaired) electrons. The summed E-state index contributed by atoms with van der Waals surface area (Å²) in [6, 6.07) is 0.397. The van der Waals surface area contributed by atoms with Gasteiger partial charge in [-0.25, -0.2) is 0 Å². The molecule has 0 aromatic carbocycles. The molecule has 0 spiro atoms. The molecule has 1 aliphatic rings. The smallest absolute Gasteiger partial charge is 0.0611 e. The van der Waals surface area contributed by atoms with E-state index < -0.39 is 0 Å². The maximum Gasteiger partial charge on any atom is 0.0611 e. The minimum atomic E-state index is -0.175. The molecule has 2 atom stereocenters. The lowest BCUT2D eigenvalue weighted by molar-refractivity contribution is 0.0401. The van der Waals surface area contributed by atoms with Gasteiger partial charge >= 0.3 is 0 Å². The third-order valence-electron chi connectivity index (χ3n) is 3.86. The van der Waals surface area contributed by atoms with Gasteiger partial charge in [-0.15, -0.1) is 0 Å². The summed E-state index contributed by atoms with van der Waals surface area (Å²) in [6.07, 6.45) is 3.44. The highest BCUT2D eigenvalue weighted by molar-refractivity contribution is 4.85. The van der Waals surface area contributed by atoms with Crippen LogP contribution < -0.4 is 5.32 Å². The van der Waals surface area contributed by atoms with Gasteiger partial charge in [-0.1, -0.05) is 13.8 Å². The molecule has 0 aromatic heterocycles. The molecule has 2 N–H and O–H groups in total. The molecule has 0 aromatic rings. The Kier molecular flexibility index (Phi) is 7.29. The van der Waals surface area contributed by atoms with Crippen LogP contribution in [-0.4, -0.2) is 61.5 Å². The second kappa shape index (κ2) is 8.20. The predicted molar refractivity (Wildman–Crippen MR) is 79.4 cm³/mol. The number of nitrogens with zero attached hydrogens (tertiary/aromatic N) is 1. The Morgan fingerprint density at radius 1 is 1.47 bits per heavy atom. The van der Waals surface area contributed by atoms with E-state index >= 15 is 0 Å². The van der Waals surface area contributed by atoms with Crippen LogP contribution in [-0.2, 0) is 4.74 Å². The van der Waals surface area contributed by atoms with E-state index in [1.54, 1.807) is 0 Å². The normalized spacial score (nSPS) is 23.8. The molecule has 1 aliphatic heterocycles. The van der Waals surface area contributed by atoms with Crippen molar-refractivity contribution in [2.75, 3.05) is 40.0 Å². The maximum absolute atomic E-state index is 9.57. The van der Waals surface area contributed by atoms with Crippen LogP contribution in [0.3, 0.4) is 0 Å². The molecule has 0 aliphatic carbocycles. The van der Waals surface area contributed by atoms with Gasteiger partial charge in [-0.3, -0.25) is 0 Å². The Morgan fingerprint density at radius 3 is 2.74 bits per heavy atom. The largest absolute Gasteiger partial charge is 0.394 e. The van der Waals surface area contributed by atoms with Gasteiger partial charge in [0.15, 0.2) is 0 Å². The summed E-state index contributed by atoms with van der Waals surface area (Å²) in [7, 11) is 2.17. The minimum Gasteiger partial charge on any atom is -0.394 e. The third kappa shape index (κ3) is 6.70. The van der Waals surface area contributed by atoms with Gasteiger partial charge in [0.2, 0.25) is 0 Å². The number of aliphatic hydroxyl groups excluding tert-OH is 1. The molecule has 114 valence electrons. The highest BCUT2D eigenvalue weighted by Gasteiger charge is 2.24. The molecule has 2 unspecified atom stereocenters. The molecular formula is C15H32N2O2. The van der Waals surface area contributed by atoms with Crippen molar-refractivity contribution in [1.82, 2.24) is 10.2 Å². The number of nitrogens with one attached hydrogen (secondary N) is 1. The molecule has 0 bridgehead atoms. The minimum absolute atomic E-state index is 0.175. The van der Waals surface area contributed by atoms with Crippen LogP contribution in [0, 0.1) is 5.92 Å². The second-order valence-corrected chi connectivity index (χ2v) is 6.61. The van der Waals surface area contributed by atoms with Gasteiger partial charge in [-0.05, 0) is 45.7 Å². The standard InChI is InChI=1S/C15H32N2O2/c1-13(2)16-15(3,12-18)7-8-17(4)10-14-6-5-9-19-11-14/h13-14,16,18H,5-12H2,1-4H3. The lowest BCUT2D eigenvalue weighted by atomic mass is 9.96. The van der Waals surface area contributed by atoms with E-state index in [1.807, 2.05) is 0 Å². The molecule has 1 rings (SSSR count). The van der Waals surface area contributed by atoms with Crippen molar-refractivity contribution in [3.63, 3.8) is 0 Å². The van der Waals surface area contributed by atoms with Crippen molar-refractivity contribution in [3.8, 4) is 0 Å². The van der Waals surface area contributed by atoms with E-state index in [0.29, 0.717) is 12.0 Å². The summed E-state index contributed by atoms with van der Waals surface area (Å²) < 4.78 is 5.52. The zero-order valence-electron chi connectivity index (χ0n) is 13.1. The van der Waals surface area contributed by atoms with Crippen LogP contribution in [0.15, 0.2) is 0 Å². The monoisotopic (exact) mass is 272 g/mol. The van der Waals surface area contributed by atoms with Crippen LogP contribution in [0.1, 0.15) is 40.0 Å². The lowest BCUT2D eigenvalue weighted by Gasteiger charge is -2.34. The van der Waals surface area contributed by atoms with Crippen LogP contribution in [0.5, 0.6) is 0 Å². The zero-order chi connectivity index (χ0) is 14.3. The van der Waals surface area contributed by atoms with Crippen molar-refractivity contribution >= 4 is 0 Å². The molecule has 4 nitrogen and oxygen atoms in total. The summed E-state index contributed by atoms with van der Waals surface area (Å²) >= 11 is 0. The first kappa shape index (κ1) is 16.9. The van der Waals surface area contributed by atoms with Gasteiger partial charge in [0.25, 0.3) is 0 Å². The Morgan fingerprint density at radius 2 is 2.21 bits per heavy atom. The highest BCUT2D eigenvalue weighted by atomic mass is 16.5. The van der Waals surface area contributed by atoms with E-state index in [-0.39, 0.29) is 12.1 Å². The van der Waals surface area contributed by atoms with Crippen LogP contribution in [0.4, 0.5) is 0 Å². The summed E-state index contributed by atoms with van der Waals surface area (Å²) in [5.41, 5.74) is -0.175. The van der Waals surface area contributed by atoms with Gasteiger partial charge in [0.05, 0.1) is 13.2 Å². The fourth-order valence-electron chi connectivity index (χ4n) is 2.81. The number of rotatable bonds is 8. The number of hydrogen-bond acceptors (Lipinski definition) is 4. The fourth-order valence-corrected chi connectivity index (χ4v) is 2.81. The first-order valence-corrected chi connectivity index (χ1v) is 7.60. The van der Waals surface area contributed by atoms with Crippen molar-refractivity contribution in [2.45, 2.75) is 51.6 Å². The third-order valence-corrected chi connectivity index (χ3v) is 3.86. The van der Waals surface area contributed by atoms with Crippen molar-refractivity contribution in [3.05, 3.63) is 0 Å². The SMILES string of the molecule is CC(C)NC(C)(CO)CCN(C)CC1CCCOC1. The lowest BCUT2D eigenvalue weighted by Crippen LogP contribution is -2.50. The molecule has 1 fully saturated rings. The van der Waals surface area contributed by atoms with Gasteiger partial charge < -0.3 is 20.1 Å². The molecule has 19 heavy (non-hydrogen) atoms. The first-order valence-electron chi connectivity index (χ1n) is 7.60. The van der Waals surface area contributed by atoms with Gasteiger partial charge in [0, 0.05) is 24.7 Å². The van der Waals surface area contributed by atoms with Gasteiger partial charge in [-0.2, -0.15) is 0 Å². The van der Waals surface area contributed by atoms with E-state index in [4.69, 9.17) is 4.74 Å². The predicted octanol–water partition coefficient (Wildman–Crippen LogP) is 1.48. The molecule has 4 heteroatoms. The van der Waals surface area contributed by atoms with Crippen LogP contribution in [0.25, 0.3) is 0 Å². The molecule has 0 saturated carbocycles. The highest BCUT2D eigenvalue weighted by Crippen LogP contribution is 2.16. The molecule has 1 saturated heterocycles. The summed E-state index contributed by atoms with van der Waals surface area (Å²) in [6.45, 7) is 10.5. The van der Waals surface area contributed by atoms with E-state index in [1.165, 1.54) is 12.8 Å². The van der Waals surface area contributed by atoms with Crippen molar-refractivity contribution in [1.29, 1.82) is 0 Å². The second-order valence-electron chi connectivity index (χ2n) is 6.61. The molecular weight excluding hydrogens is 240 g/mol. The summed E-state index contributed by atoms with van der Waals surface area (Å²) in [5.74, 6) is 0.678. The maximum atomic E-state index is 9.57. The van der Waals surface area contributed by atoms with Crippen LogP contribution >= 0.6 is 0 Å². The van der Waals surface area contributed by atoms with E-state index in [0.717, 1.165) is 32.7 Å². The Balaban J connectivity index is 2.28. The Bertz CT molecular complexity index is 242. The average molecular weight is 272 g/mol. The zero-order valence-corrected chi connectivity index (χ0v) is 13.1. The first-order chi connectivity index (χ1) is 8.95. The average Bonchev–Trinajstić information content (AvgIpc) is 2.37. The quantitative estimate of drug-likeness (QED) is 0.702. The fraction of sp³-hybridized carbons (Fsp3) is 1.00. The van der Waals surface area contributed by atoms with E-state index in [9.17, 15) is 5.11 Å². The molecule has 1 heterocycles. The van der Waals surface area contributed by atoms with Crippen LogP contribution in [0.2, 0.25) is 0 Å². The molecule has 0 amide bonds. The van der Waals surface area contributed by atoms with E-state index in [2.05, 4.69) is 38.0 Å². The Labute approximate surface area is 118 Å². The summed E-state index contributed by atoms with van der Waals surface area (Å²) in [5, 5.41) is 13.0. The van der Waals surface area contributed by atoms with Crippen molar-refractivity contribution in [2.24, 2.45) is 5.92 Å². The topological polar surface area (TPSA) is 44.7 Å². The number of hydrogen-bond donors (Lipinski definition) is 2. The number of ether oxygens (including phenoxy) is 1.